The molecular weight excluding hydrogens is 534 g/mol. The zero-order chi connectivity index (χ0) is 29.5. The van der Waals surface area contributed by atoms with Gasteiger partial charge in [-0.15, -0.1) is 0 Å². The van der Waals surface area contributed by atoms with Crippen molar-refractivity contribution in [1.82, 2.24) is 15.2 Å². The van der Waals surface area contributed by atoms with Crippen molar-refractivity contribution in [1.29, 1.82) is 0 Å². The lowest BCUT2D eigenvalue weighted by Gasteiger charge is -2.31. The van der Waals surface area contributed by atoms with E-state index in [9.17, 15) is 14.4 Å². The number of Topliss-reactive ketones (excluding diaryl/α,β-unsaturated/α-hetero) is 1. The quantitative estimate of drug-likeness (QED) is 0.362. The molecule has 0 atom stereocenters. The molecule has 2 heterocycles. The van der Waals surface area contributed by atoms with Crippen LogP contribution >= 0.6 is 0 Å². The number of ether oxygens (including phenoxy) is 3. The van der Waals surface area contributed by atoms with Crippen LogP contribution in [0.5, 0.6) is 17.2 Å². The molecule has 2 aromatic carbocycles. The Morgan fingerprint density at radius 1 is 0.738 bits per heavy atom. The van der Waals surface area contributed by atoms with E-state index in [1.54, 1.807) is 55.5 Å². The number of pyridine rings is 1. The van der Waals surface area contributed by atoms with Crippen LogP contribution in [-0.2, 0) is 0 Å². The van der Waals surface area contributed by atoms with Gasteiger partial charge in [0.25, 0.3) is 11.8 Å². The molecule has 0 spiro atoms. The van der Waals surface area contributed by atoms with Gasteiger partial charge in [0, 0.05) is 36.8 Å². The van der Waals surface area contributed by atoms with Crippen molar-refractivity contribution in [3.63, 3.8) is 0 Å². The highest BCUT2D eigenvalue weighted by atomic mass is 16.5. The third-order valence-corrected chi connectivity index (χ3v) is 8.14. The molecule has 0 unspecified atom stereocenters. The molecule has 0 radical (unpaired) electrons. The van der Waals surface area contributed by atoms with E-state index in [0.29, 0.717) is 42.8 Å². The molecule has 3 aromatic rings. The fraction of sp³-hybridized carbons (Fsp3) is 0.394. The summed E-state index contributed by atoms with van der Waals surface area (Å²) in [6, 6.07) is 18.0. The van der Waals surface area contributed by atoms with Crippen LogP contribution in [0, 0.1) is 5.92 Å². The smallest absolute Gasteiger partial charge is 0.270 e. The lowest BCUT2D eigenvalue weighted by molar-refractivity contribution is 0.0649. The second kappa shape index (κ2) is 13.5. The molecule has 1 saturated heterocycles. The van der Waals surface area contributed by atoms with Gasteiger partial charge in [0.1, 0.15) is 22.9 Å². The molecule has 1 N–H and O–H groups in total. The number of ketones is 1. The summed E-state index contributed by atoms with van der Waals surface area (Å²) in [6.45, 7) is 0.997. The van der Waals surface area contributed by atoms with Crippen LogP contribution in [0.1, 0.15) is 69.7 Å². The largest absolute Gasteiger partial charge is 0.497 e. The summed E-state index contributed by atoms with van der Waals surface area (Å²) < 4.78 is 16.4. The monoisotopic (exact) mass is 571 g/mol. The summed E-state index contributed by atoms with van der Waals surface area (Å²) >= 11 is 0. The molecule has 9 heteroatoms. The van der Waals surface area contributed by atoms with E-state index in [2.05, 4.69) is 10.3 Å². The molecule has 1 aliphatic heterocycles. The van der Waals surface area contributed by atoms with Gasteiger partial charge in [-0.25, -0.2) is 0 Å². The van der Waals surface area contributed by atoms with Crippen LogP contribution < -0.4 is 19.5 Å². The number of nitrogens with one attached hydrogen (secondary N) is 1. The standard InChI is InChI=1S/C33H37N3O6/c1-40-26-8-3-22(4-9-26)31(37)23-17-19-36(20-18-23)33(39)24-5-16-30(34-21-24)32(38)35-25-6-10-28(11-7-25)42-29-14-12-27(41-2)13-15-29/h3-5,8-9,12-16,21,23,25,28H,6-7,10-11,17-20H2,1-2H3,(H,35,38). The van der Waals surface area contributed by atoms with Crippen molar-refractivity contribution in [3.05, 3.63) is 83.7 Å². The number of likely N-dealkylation sites (tertiary alicyclic amines) is 1. The van der Waals surface area contributed by atoms with Crippen LogP contribution in [0.4, 0.5) is 0 Å². The molecule has 2 amide bonds. The molecular formula is C33H37N3O6. The number of methoxy groups -OCH3 is 2. The number of carbonyl (C=O) groups is 3. The Morgan fingerprint density at radius 2 is 1.31 bits per heavy atom. The minimum absolute atomic E-state index is 0.0539. The molecule has 2 fully saturated rings. The molecule has 1 aliphatic carbocycles. The first-order valence-corrected chi connectivity index (χ1v) is 14.5. The summed E-state index contributed by atoms with van der Waals surface area (Å²) in [4.78, 5) is 44.8. The molecule has 1 aromatic heterocycles. The highest BCUT2D eigenvalue weighted by molar-refractivity contribution is 5.99. The SMILES string of the molecule is COc1ccc(OC2CCC(NC(=O)c3ccc(C(=O)N4CCC(C(=O)c5ccc(OC)cc5)CC4)cn3)CC2)cc1. The molecule has 5 rings (SSSR count). The lowest BCUT2D eigenvalue weighted by Crippen LogP contribution is -2.40. The minimum atomic E-state index is -0.244. The molecule has 220 valence electrons. The normalized spacial score (nSPS) is 19.0. The fourth-order valence-corrected chi connectivity index (χ4v) is 5.60. The summed E-state index contributed by atoms with van der Waals surface area (Å²) in [5.41, 5.74) is 1.38. The maximum Gasteiger partial charge on any atom is 0.270 e. The number of aromatic nitrogens is 1. The number of amides is 2. The van der Waals surface area contributed by atoms with E-state index < -0.39 is 0 Å². The first kappa shape index (κ1) is 29.1. The highest BCUT2D eigenvalue weighted by Crippen LogP contribution is 2.26. The van der Waals surface area contributed by atoms with Crippen molar-refractivity contribution < 1.29 is 28.6 Å². The Balaban J connectivity index is 1.06. The van der Waals surface area contributed by atoms with Crippen molar-refractivity contribution >= 4 is 17.6 Å². The number of nitrogens with zero attached hydrogens (tertiary/aromatic N) is 2. The summed E-state index contributed by atoms with van der Waals surface area (Å²) in [7, 11) is 3.23. The molecule has 9 nitrogen and oxygen atoms in total. The van der Waals surface area contributed by atoms with Gasteiger partial charge in [0.2, 0.25) is 0 Å². The predicted octanol–water partition coefficient (Wildman–Crippen LogP) is 4.95. The van der Waals surface area contributed by atoms with E-state index in [1.165, 1.54) is 6.20 Å². The fourth-order valence-electron chi connectivity index (χ4n) is 5.60. The van der Waals surface area contributed by atoms with Gasteiger partial charge in [0.05, 0.1) is 25.9 Å². The van der Waals surface area contributed by atoms with Crippen LogP contribution in [0.15, 0.2) is 66.9 Å². The number of carbonyl (C=O) groups excluding carboxylic acids is 3. The van der Waals surface area contributed by atoms with Crippen LogP contribution in [0.3, 0.4) is 0 Å². The van der Waals surface area contributed by atoms with E-state index in [1.807, 2.05) is 24.3 Å². The molecule has 42 heavy (non-hydrogen) atoms. The maximum atomic E-state index is 13.1. The van der Waals surface area contributed by atoms with Gasteiger partial charge in [0.15, 0.2) is 5.78 Å². The molecule has 0 bridgehead atoms. The summed E-state index contributed by atoms with van der Waals surface area (Å²) in [5.74, 6) is 1.91. The van der Waals surface area contributed by atoms with Crippen molar-refractivity contribution in [2.45, 2.75) is 50.7 Å². The maximum absolute atomic E-state index is 13.1. The second-order valence-electron chi connectivity index (χ2n) is 10.8. The average Bonchev–Trinajstić information content (AvgIpc) is 3.05. The summed E-state index contributed by atoms with van der Waals surface area (Å²) in [5, 5.41) is 3.07. The van der Waals surface area contributed by atoms with E-state index in [0.717, 1.165) is 37.2 Å². The average molecular weight is 572 g/mol. The van der Waals surface area contributed by atoms with Gasteiger partial charge in [-0.2, -0.15) is 0 Å². The first-order chi connectivity index (χ1) is 20.4. The predicted molar refractivity (Wildman–Crippen MR) is 157 cm³/mol. The van der Waals surface area contributed by atoms with Crippen LogP contribution in [0.25, 0.3) is 0 Å². The van der Waals surface area contributed by atoms with Gasteiger partial charge in [-0.3, -0.25) is 19.4 Å². The molecule has 1 saturated carbocycles. The Labute approximate surface area is 246 Å². The van der Waals surface area contributed by atoms with Crippen LogP contribution in [-0.4, -0.2) is 66.9 Å². The number of hydrogen-bond acceptors (Lipinski definition) is 7. The number of rotatable bonds is 9. The van der Waals surface area contributed by atoms with Gasteiger partial charge < -0.3 is 24.4 Å². The number of benzene rings is 2. The highest BCUT2D eigenvalue weighted by Gasteiger charge is 2.29. The summed E-state index contributed by atoms with van der Waals surface area (Å²) in [6.07, 6.45) is 6.13. The number of hydrogen-bond donors (Lipinski definition) is 1. The topological polar surface area (TPSA) is 107 Å². The van der Waals surface area contributed by atoms with Crippen LogP contribution in [0.2, 0.25) is 0 Å². The van der Waals surface area contributed by atoms with Crippen molar-refractivity contribution in [2.24, 2.45) is 5.92 Å². The van der Waals surface area contributed by atoms with E-state index >= 15 is 0 Å². The van der Waals surface area contributed by atoms with Crippen molar-refractivity contribution in [3.8, 4) is 17.2 Å². The van der Waals surface area contributed by atoms with Gasteiger partial charge >= 0.3 is 0 Å². The third-order valence-electron chi connectivity index (χ3n) is 8.14. The Morgan fingerprint density at radius 3 is 1.88 bits per heavy atom. The first-order valence-electron chi connectivity index (χ1n) is 14.5. The number of piperidine rings is 1. The lowest BCUT2D eigenvalue weighted by atomic mass is 9.88. The molecule has 2 aliphatic rings. The zero-order valence-corrected chi connectivity index (χ0v) is 24.1. The Kier molecular flexibility index (Phi) is 9.36. The Bertz CT molecular complexity index is 1360. The van der Waals surface area contributed by atoms with Gasteiger partial charge in [-0.1, -0.05) is 0 Å². The minimum Gasteiger partial charge on any atom is -0.497 e. The second-order valence-corrected chi connectivity index (χ2v) is 10.8. The van der Waals surface area contributed by atoms with Gasteiger partial charge in [-0.05, 0) is 99.2 Å². The van der Waals surface area contributed by atoms with E-state index in [4.69, 9.17) is 14.2 Å². The van der Waals surface area contributed by atoms with E-state index in [-0.39, 0.29) is 41.4 Å². The third kappa shape index (κ3) is 7.08. The van der Waals surface area contributed by atoms with Crippen molar-refractivity contribution in [2.75, 3.05) is 27.3 Å². The Hall–Kier alpha value is -4.40. The zero-order valence-electron chi connectivity index (χ0n) is 24.1.